The highest BCUT2D eigenvalue weighted by Gasteiger charge is 2.51. The van der Waals surface area contributed by atoms with E-state index in [2.05, 4.69) is 55.5 Å². The maximum Gasteiger partial charge on any atom is 0.253 e. The standard InChI is InChI=1S/C29H44N4O7.C10H19NO2.C7H8.C3H8.C2H8NOP/c1-5-19(2)27(22(40-4)14-16-34)31(3)26(38)18-30-29(39)28-20-10-11-21(17-20)33(28)25(37)9-7-6-8-15-32-23(35)12-13-24(32)36;1-8(7-12)10(13-3)9-5-4-6-11(9)2;1-7-5-3-2-4-6-7;1-3-2;1-3-2-5-4/h12-13,16,19-22,27-28H,5-11,14-15,17-18H2,1-4H3,(H,30,39);7-10H,4-6H2,1-3H3;2-6H,1H3;3H2,1-2H3;3-5H,2H2,1H3. The highest BCUT2D eigenvalue weighted by atomic mass is 31.1. The molecule has 16 nitrogen and oxygen atoms in total. The van der Waals surface area contributed by atoms with Gasteiger partial charge in [-0.2, -0.15) is 0 Å². The minimum absolute atomic E-state index is 0.00412. The molecule has 68 heavy (non-hydrogen) atoms. The Morgan fingerprint density at radius 2 is 1.62 bits per heavy atom. The number of rotatable bonds is 22. The van der Waals surface area contributed by atoms with Gasteiger partial charge in [0.2, 0.25) is 17.7 Å². The normalized spacial score (nSPS) is 21.5. The number of likely N-dealkylation sites (tertiary alicyclic amines) is 2. The van der Waals surface area contributed by atoms with Crippen molar-refractivity contribution in [2.24, 2.45) is 17.8 Å². The number of hydrogen-bond acceptors (Lipinski definition) is 12. The number of imide groups is 1. The van der Waals surface area contributed by atoms with Gasteiger partial charge in [0.05, 0.1) is 24.8 Å². The Morgan fingerprint density at radius 1 is 0.971 bits per heavy atom. The van der Waals surface area contributed by atoms with Crippen LogP contribution in [-0.4, -0.2) is 164 Å². The molecule has 2 bridgehead atoms. The molecule has 5 amide bonds. The van der Waals surface area contributed by atoms with E-state index in [1.807, 2.05) is 46.0 Å². The topological polar surface area (TPSA) is 195 Å². The van der Waals surface area contributed by atoms with Crippen LogP contribution in [0.1, 0.15) is 117 Å². The molecule has 5 rings (SSSR count). The van der Waals surface area contributed by atoms with E-state index >= 15 is 0 Å². The van der Waals surface area contributed by atoms with Crippen LogP contribution >= 0.6 is 8.81 Å². The third kappa shape index (κ3) is 20.6. The van der Waals surface area contributed by atoms with Crippen LogP contribution < -0.4 is 10.6 Å². The zero-order valence-electron chi connectivity index (χ0n) is 43.1. The number of methoxy groups -OCH3 is 2. The second kappa shape index (κ2) is 35.2. The van der Waals surface area contributed by atoms with Crippen molar-refractivity contribution >= 4 is 50.9 Å². The number of carbonyl (C=O) groups is 7. The van der Waals surface area contributed by atoms with Crippen LogP contribution in [0.3, 0.4) is 0 Å². The second-order valence-electron chi connectivity index (χ2n) is 18.2. The minimum Gasteiger partial charge on any atom is -0.379 e. The number of aryl methyl sites for hydroxylation is 1. The monoisotopic (exact) mass is 975 g/mol. The van der Waals surface area contributed by atoms with Gasteiger partial charge in [0.1, 0.15) is 18.6 Å². The van der Waals surface area contributed by atoms with Gasteiger partial charge in [-0.15, -0.1) is 0 Å². The first-order chi connectivity index (χ1) is 32.6. The Balaban J connectivity index is 0.000000661. The molecular weight excluding hydrogens is 888 g/mol. The van der Waals surface area contributed by atoms with E-state index in [0.29, 0.717) is 38.3 Å². The molecule has 2 saturated heterocycles. The molecule has 4 aliphatic rings. The lowest BCUT2D eigenvalue weighted by atomic mass is 9.91. The fourth-order valence-electron chi connectivity index (χ4n) is 9.22. The van der Waals surface area contributed by atoms with Crippen LogP contribution in [0.5, 0.6) is 0 Å². The molecule has 10 atom stereocenters. The summed E-state index contributed by atoms with van der Waals surface area (Å²) >= 11 is 0. The lowest BCUT2D eigenvalue weighted by Crippen LogP contribution is -2.55. The fraction of sp³-hybridized carbons (Fsp3) is 0.706. The lowest BCUT2D eigenvalue weighted by molar-refractivity contribution is -0.144. The van der Waals surface area contributed by atoms with E-state index in [4.69, 9.17) is 14.4 Å². The summed E-state index contributed by atoms with van der Waals surface area (Å²) < 4.78 is 10.9. The molecule has 3 N–H and O–H groups in total. The first-order valence-electron chi connectivity index (χ1n) is 24.6. The predicted molar refractivity (Wildman–Crippen MR) is 270 cm³/mol. The van der Waals surface area contributed by atoms with Gasteiger partial charge in [-0.05, 0) is 84.3 Å². The van der Waals surface area contributed by atoms with E-state index in [1.165, 1.54) is 42.6 Å². The van der Waals surface area contributed by atoms with Crippen molar-refractivity contribution in [2.45, 2.75) is 155 Å². The minimum atomic E-state index is -0.581. The van der Waals surface area contributed by atoms with E-state index in [-0.39, 0.29) is 87.3 Å². The summed E-state index contributed by atoms with van der Waals surface area (Å²) in [5, 5.41) is 5.56. The molecule has 0 radical (unpaired) electrons. The molecule has 17 heteroatoms. The second-order valence-corrected chi connectivity index (χ2v) is 18.8. The molecule has 386 valence electrons. The van der Waals surface area contributed by atoms with Gasteiger partial charge in [0, 0.05) is 85.9 Å². The summed E-state index contributed by atoms with van der Waals surface area (Å²) in [4.78, 5) is 99.5. The zero-order valence-corrected chi connectivity index (χ0v) is 44.1. The van der Waals surface area contributed by atoms with E-state index < -0.39 is 12.1 Å². The molecule has 3 aliphatic heterocycles. The van der Waals surface area contributed by atoms with Gasteiger partial charge in [-0.1, -0.05) is 89.8 Å². The summed E-state index contributed by atoms with van der Waals surface area (Å²) in [7, 11) is 8.84. The molecule has 0 aromatic heterocycles. The number of amides is 5. The first kappa shape index (κ1) is 62.1. The number of nitrogens with one attached hydrogen (secondary N) is 2. The van der Waals surface area contributed by atoms with E-state index in [9.17, 15) is 33.6 Å². The summed E-state index contributed by atoms with van der Waals surface area (Å²) in [6, 6.07) is 9.83. The van der Waals surface area contributed by atoms with Crippen LogP contribution in [0.15, 0.2) is 42.5 Å². The van der Waals surface area contributed by atoms with Crippen molar-refractivity contribution in [1.82, 2.24) is 30.2 Å². The number of carbonyl (C=O) groups excluding carboxylic acids is 7. The van der Waals surface area contributed by atoms with Gasteiger partial charge in [-0.3, -0.25) is 28.9 Å². The number of nitrogens with zero attached hydrogens (tertiary/aromatic N) is 4. The van der Waals surface area contributed by atoms with Crippen LogP contribution in [0.2, 0.25) is 0 Å². The third-order valence-corrected chi connectivity index (χ3v) is 13.5. The maximum atomic E-state index is 13.3. The largest absolute Gasteiger partial charge is 0.379 e. The van der Waals surface area contributed by atoms with Crippen molar-refractivity contribution in [1.29, 1.82) is 0 Å². The van der Waals surface area contributed by atoms with Crippen LogP contribution in [-0.2, 0) is 43.0 Å². The summed E-state index contributed by atoms with van der Waals surface area (Å²) in [5.74, 6) is -1.10. The number of benzene rings is 1. The zero-order chi connectivity index (χ0) is 51.2. The maximum absolute atomic E-state index is 13.3. The molecule has 0 spiro atoms. The highest BCUT2D eigenvalue weighted by molar-refractivity contribution is 7.30. The molecular formula is C51H87N6O10P. The summed E-state index contributed by atoms with van der Waals surface area (Å²) in [6.07, 6.45) is 14.0. The Morgan fingerprint density at radius 3 is 2.09 bits per heavy atom. The molecule has 3 fully saturated rings. The number of likely N-dealkylation sites (N-methyl/N-ethyl adjacent to an activating group) is 2. The number of hydrogen-bond donors (Lipinski definition) is 3. The number of unbranched alkanes of at least 4 members (excludes halogenated alkanes) is 2. The molecule has 1 aromatic rings. The highest BCUT2D eigenvalue weighted by Crippen LogP contribution is 2.43. The Labute approximate surface area is 409 Å². The summed E-state index contributed by atoms with van der Waals surface area (Å²) in [6.45, 7) is 13.5. The van der Waals surface area contributed by atoms with Gasteiger partial charge >= 0.3 is 0 Å². The number of fused-ring (bicyclic) bond motifs is 2. The smallest absolute Gasteiger partial charge is 0.253 e. The van der Waals surface area contributed by atoms with Crippen molar-refractivity contribution < 1.29 is 47.9 Å². The number of ether oxygens (including phenoxy) is 2. The van der Waals surface area contributed by atoms with Crippen molar-refractivity contribution in [3.05, 3.63) is 48.0 Å². The Bertz CT molecular complexity index is 1650. The average molecular weight is 975 g/mol. The van der Waals surface area contributed by atoms with E-state index in [0.717, 1.165) is 57.5 Å². The molecule has 1 aliphatic carbocycles. The van der Waals surface area contributed by atoms with Gasteiger partial charge in [-0.25, -0.2) is 0 Å². The van der Waals surface area contributed by atoms with Gasteiger partial charge < -0.3 is 49.3 Å². The molecule has 3 heterocycles. The Kier molecular flexibility index (Phi) is 32.2. The molecule has 1 aromatic carbocycles. The SMILES string of the molecule is CCC.CCC(C)C(C(CC=O)OC)N(C)C(=O)CNC(=O)C1C2CCC(C2)N1C(=O)CCCCCN1C(=O)C=CC1=O.CNCPO.COC(C(C)C=O)C1CCCN1C.Cc1ccccc1. The van der Waals surface area contributed by atoms with Crippen LogP contribution in [0.4, 0.5) is 0 Å². The van der Waals surface area contributed by atoms with Crippen LogP contribution in [0.25, 0.3) is 0 Å². The molecule has 10 unspecified atom stereocenters. The third-order valence-electron chi connectivity index (χ3n) is 13.0. The number of piperidine rings is 1. The quantitative estimate of drug-likeness (QED) is 0.0570. The predicted octanol–water partition coefficient (Wildman–Crippen LogP) is 5.54. The first-order valence-corrected chi connectivity index (χ1v) is 25.8. The molecule has 1 saturated carbocycles. The van der Waals surface area contributed by atoms with Crippen molar-refractivity contribution in [3.63, 3.8) is 0 Å². The van der Waals surface area contributed by atoms with Crippen molar-refractivity contribution in [3.8, 4) is 0 Å². The lowest BCUT2D eigenvalue weighted by Gasteiger charge is -2.37. The van der Waals surface area contributed by atoms with E-state index in [1.54, 1.807) is 24.0 Å². The van der Waals surface area contributed by atoms with Crippen LogP contribution in [0, 0.1) is 24.7 Å². The van der Waals surface area contributed by atoms with Gasteiger partial charge in [0.25, 0.3) is 11.8 Å². The van der Waals surface area contributed by atoms with Crippen molar-refractivity contribution in [2.75, 3.05) is 61.3 Å². The summed E-state index contributed by atoms with van der Waals surface area (Å²) in [5.41, 5.74) is 1.32. The number of aldehydes is 2. The Hall–Kier alpha value is -3.92. The fourth-order valence-corrected chi connectivity index (χ4v) is 9.38. The van der Waals surface area contributed by atoms with Gasteiger partial charge in [0.15, 0.2) is 0 Å². The average Bonchev–Trinajstić information content (AvgIpc) is 4.14.